The van der Waals surface area contributed by atoms with Crippen LogP contribution in [0.4, 0.5) is 0 Å². The van der Waals surface area contributed by atoms with Gasteiger partial charge in [-0.3, -0.25) is 9.59 Å². The number of carbonyl (C=O) groups is 2. The lowest BCUT2D eigenvalue weighted by atomic mass is 10.1. The number of rotatable bonds is 3. The lowest BCUT2D eigenvalue weighted by molar-refractivity contribution is -0.140. The van der Waals surface area contributed by atoms with E-state index in [0.717, 1.165) is 0 Å². The van der Waals surface area contributed by atoms with Gasteiger partial charge < -0.3 is 10.4 Å². The fraction of sp³-hybridized carbons (Fsp3) is 0.231. The topological polar surface area (TPSA) is 66.4 Å². The summed E-state index contributed by atoms with van der Waals surface area (Å²) in [6, 6.07) is 8.68. The van der Waals surface area contributed by atoms with Crippen LogP contribution in [0.2, 0.25) is 0 Å². The summed E-state index contributed by atoms with van der Waals surface area (Å²) >= 11 is 0. The minimum Gasteiger partial charge on any atom is -0.481 e. The molecule has 0 bridgehead atoms. The Kier molecular flexibility index (Phi) is 3.23. The molecule has 0 fully saturated rings. The molecule has 2 atom stereocenters. The number of nitrogens with one attached hydrogen (secondary N) is 1. The fourth-order valence-corrected chi connectivity index (χ4v) is 1.83. The summed E-state index contributed by atoms with van der Waals surface area (Å²) < 4.78 is 0. The van der Waals surface area contributed by atoms with Crippen LogP contribution in [0.25, 0.3) is 0 Å². The molecule has 1 amide bonds. The third-order valence-electron chi connectivity index (χ3n) is 2.75. The highest BCUT2D eigenvalue weighted by Gasteiger charge is 2.25. The van der Waals surface area contributed by atoms with Crippen molar-refractivity contribution in [1.29, 1.82) is 0 Å². The number of amides is 1. The molecule has 0 radical (unpaired) electrons. The highest BCUT2D eigenvalue weighted by atomic mass is 16.4. The van der Waals surface area contributed by atoms with Crippen molar-refractivity contribution >= 4 is 11.9 Å². The Hall–Kier alpha value is -2.10. The standard InChI is InChI=1S/C13H13NO3/c15-12(9-4-2-1-3-5-9)14-11-7-6-10(8-11)13(16)17/h1-7,10-11H,8H2,(H,14,15)(H,16,17)/t10?,11-/m1/s1. The van der Waals surface area contributed by atoms with E-state index in [0.29, 0.717) is 12.0 Å². The molecule has 0 saturated carbocycles. The maximum absolute atomic E-state index is 11.8. The van der Waals surface area contributed by atoms with Gasteiger partial charge in [0.15, 0.2) is 0 Å². The first-order valence-corrected chi connectivity index (χ1v) is 5.44. The normalized spacial score (nSPS) is 22.4. The Morgan fingerprint density at radius 1 is 1.18 bits per heavy atom. The maximum atomic E-state index is 11.8. The number of carbonyl (C=O) groups excluding carboxylic acids is 1. The summed E-state index contributed by atoms with van der Waals surface area (Å²) in [7, 11) is 0. The molecule has 1 aliphatic carbocycles. The molecule has 1 unspecified atom stereocenters. The van der Waals surface area contributed by atoms with E-state index in [4.69, 9.17) is 5.11 Å². The van der Waals surface area contributed by atoms with Crippen LogP contribution in [-0.2, 0) is 4.79 Å². The van der Waals surface area contributed by atoms with E-state index in [1.54, 1.807) is 36.4 Å². The van der Waals surface area contributed by atoms with Gasteiger partial charge in [-0.05, 0) is 18.6 Å². The molecule has 2 N–H and O–H groups in total. The first-order chi connectivity index (χ1) is 8.16. The molecule has 0 aliphatic heterocycles. The molecule has 17 heavy (non-hydrogen) atoms. The van der Waals surface area contributed by atoms with E-state index in [1.165, 1.54) is 0 Å². The van der Waals surface area contributed by atoms with Gasteiger partial charge in [-0.1, -0.05) is 30.4 Å². The minimum absolute atomic E-state index is 0.175. The van der Waals surface area contributed by atoms with Crippen molar-refractivity contribution in [2.24, 2.45) is 5.92 Å². The summed E-state index contributed by atoms with van der Waals surface area (Å²) in [5.74, 6) is -1.51. The summed E-state index contributed by atoms with van der Waals surface area (Å²) in [5.41, 5.74) is 0.583. The van der Waals surface area contributed by atoms with Crippen LogP contribution in [0.5, 0.6) is 0 Å². The quantitative estimate of drug-likeness (QED) is 0.774. The van der Waals surface area contributed by atoms with Crippen molar-refractivity contribution in [1.82, 2.24) is 5.32 Å². The van der Waals surface area contributed by atoms with E-state index in [2.05, 4.69) is 5.32 Å². The van der Waals surface area contributed by atoms with Crippen LogP contribution in [0.1, 0.15) is 16.8 Å². The summed E-state index contributed by atoms with van der Waals surface area (Å²) in [5, 5.41) is 11.6. The van der Waals surface area contributed by atoms with Crippen LogP contribution >= 0.6 is 0 Å². The highest BCUT2D eigenvalue weighted by Crippen LogP contribution is 2.18. The Morgan fingerprint density at radius 2 is 1.88 bits per heavy atom. The molecule has 88 valence electrons. The second-order valence-electron chi connectivity index (χ2n) is 4.01. The average Bonchev–Trinajstić information content (AvgIpc) is 2.79. The van der Waals surface area contributed by atoms with Crippen molar-refractivity contribution in [3.8, 4) is 0 Å². The molecule has 0 saturated heterocycles. The first kappa shape index (κ1) is 11.4. The van der Waals surface area contributed by atoms with Crippen LogP contribution in [0.3, 0.4) is 0 Å². The Labute approximate surface area is 99.0 Å². The molecule has 2 rings (SSSR count). The Morgan fingerprint density at radius 3 is 2.47 bits per heavy atom. The van der Waals surface area contributed by atoms with Crippen molar-refractivity contribution in [2.75, 3.05) is 0 Å². The Bertz CT molecular complexity index is 453. The van der Waals surface area contributed by atoms with Crippen molar-refractivity contribution in [3.05, 3.63) is 48.0 Å². The van der Waals surface area contributed by atoms with Crippen molar-refractivity contribution in [2.45, 2.75) is 12.5 Å². The smallest absolute Gasteiger partial charge is 0.310 e. The van der Waals surface area contributed by atoms with E-state index < -0.39 is 11.9 Å². The SMILES string of the molecule is O=C(N[C@@H]1C=CC(C(=O)O)C1)c1ccccc1. The second kappa shape index (κ2) is 4.82. The van der Waals surface area contributed by atoms with Gasteiger partial charge in [-0.2, -0.15) is 0 Å². The molecule has 0 spiro atoms. The van der Waals surface area contributed by atoms with Crippen molar-refractivity contribution < 1.29 is 14.7 Å². The molecular weight excluding hydrogens is 218 g/mol. The molecule has 1 aromatic carbocycles. The van der Waals surface area contributed by atoms with Gasteiger partial charge in [0, 0.05) is 11.6 Å². The van der Waals surface area contributed by atoms with Gasteiger partial charge >= 0.3 is 5.97 Å². The van der Waals surface area contributed by atoms with Gasteiger partial charge in [0.1, 0.15) is 0 Å². The zero-order valence-electron chi connectivity index (χ0n) is 9.17. The van der Waals surface area contributed by atoms with E-state index in [9.17, 15) is 9.59 Å². The van der Waals surface area contributed by atoms with Crippen LogP contribution in [-0.4, -0.2) is 23.0 Å². The van der Waals surface area contributed by atoms with Crippen LogP contribution < -0.4 is 5.32 Å². The van der Waals surface area contributed by atoms with Gasteiger partial charge in [-0.15, -0.1) is 0 Å². The predicted octanol–water partition coefficient (Wildman–Crippen LogP) is 1.45. The maximum Gasteiger partial charge on any atom is 0.310 e. The molecule has 0 aromatic heterocycles. The molecule has 4 nitrogen and oxygen atoms in total. The van der Waals surface area contributed by atoms with Gasteiger partial charge in [0.2, 0.25) is 0 Å². The summed E-state index contributed by atoms with van der Waals surface area (Å²) in [4.78, 5) is 22.5. The monoisotopic (exact) mass is 231 g/mol. The summed E-state index contributed by atoms with van der Waals surface area (Å²) in [6.07, 6.45) is 3.78. The molecule has 0 heterocycles. The predicted molar refractivity (Wildman–Crippen MR) is 62.6 cm³/mol. The zero-order valence-corrected chi connectivity index (χ0v) is 9.17. The third-order valence-corrected chi connectivity index (χ3v) is 2.75. The summed E-state index contributed by atoms with van der Waals surface area (Å²) in [6.45, 7) is 0. The molecule has 1 aliphatic rings. The van der Waals surface area contributed by atoms with Crippen molar-refractivity contribution in [3.63, 3.8) is 0 Å². The third kappa shape index (κ3) is 2.72. The van der Waals surface area contributed by atoms with E-state index in [-0.39, 0.29) is 11.9 Å². The number of aliphatic carboxylic acids is 1. The van der Waals surface area contributed by atoms with Crippen LogP contribution in [0.15, 0.2) is 42.5 Å². The molecule has 4 heteroatoms. The van der Waals surface area contributed by atoms with E-state index >= 15 is 0 Å². The lowest BCUT2D eigenvalue weighted by Gasteiger charge is -2.11. The lowest BCUT2D eigenvalue weighted by Crippen LogP contribution is -2.33. The Balaban J connectivity index is 1.94. The van der Waals surface area contributed by atoms with E-state index in [1.807, 2.05) is 6.07 Å². The number of carboxylic acid groups (broad SMARTS) is 1. The van der Waals surface area contributed by atoms with Gasteiger partial charge in [0.25, 0.3) is 5.91 Å². The highest BCUT2D eigenvalue weighted by molar-refractivity contribution is 5.94. The number of hydrogen-bond acceptors (Lipinski definition) is 2. The second-order valence-corrected chi connectivity index (χ2v) is 4.01. The molecule has 1 aromatic rings. The van der Waals surface area contributed by atoms with Gasteiger partial charge in [0.05, 0.1) is 5.92 Å². The molecular formula is C13H13NO3. The average molecular weight is 231 g/mol. The van der Waals surface area contributed by atoms with Gasteiger partial charge in [-0.25, -0.2) is 0 Å². The first-order valence-electron chi connectivity index (χ1n) is 5.44. The fourth-order valence-electron chi connectivity index (χ4n) is 1.83. The largest absolute Gasteiger partial charge is 0.481 e. The number of benzene rings is 1. The number of carboxylic acids is 1. The van der Waals surface area contributed by atoms with Crippen LogP contribution in [0, 0.1) is 5.92 Å². The number of hydrogen-bond donors (Lipinski definition) is 2. The zero-order chi connectivity index (χ0) is 12.3. The minimum atomic E-state index is -0.849.